The molecule has 0 amide bonds. The minimum atomic E-state index is 0.236. The maximum Gasteiger partial charge on any atom is 0.124 e. The van der Waals surface area contributed by atoms with Gasteiger partial charge >= 0.3 is 0 Å². The fraction of sp³-hybridized carbons (Fsp3) is 0.188. The van der Waals surface area contributed by atoms with E-state index < -0.39 is 0 Å². The smallest absolute Gasteiger partial charge is 0.124 e. The monoisotopic (exact) mass is 332 g/mol. The number of rotatable bonds is 4. The van der Waals surface area contributed by atoms with Gasteiger partial charge in [0.25, 0.3) is 0 Å². The van der Waals surface area contributed by atoms with Gasteiger partial charge in [0, 0.05) is 36.0 Å². The Labute approximate surface area is 127 Å². The zero-order valence-corrected chi connectivity index (χ0v) is 13.1. The van der Waals surface area contributed by atoms with Gasteiger partial charge in [-0.25, -0.2) is 0 Å². The number of nitrogens with zero attached hydrogens (tertiary/aromatic N) is 2. The summed E-state index contributed by atoms with van der Waals surface area (Å²) in [6.45, 7) is 0.597. The standard InChI is InChI=1S/C16H17BrN2O/c1-19(2)15-6-3-12(4-7-15)10-18-11-13-9-14(17)5-8-16(13)20/h3-9,11,20H,10H2,1-2H3. The second kappa shape index (κ2) is 6.57. The van der Waals surface area contributed by atoms with Crippen molar-refractivity contribution in [3.8, 4) is 5.75 Å². The van der Waals surface area contributed by atoms with Crippen molar-refractivity contribution in [2.45, 2.75) is 6.54 Å². The van der Waals surface area contributed by atoms with Gasteiger partial charge in [-0.1, -0.05) is 28.1 Å². The first-order valence-corrected chi connectivity index (χ1v) is 7.10. The van der Waals surface area contributed by atoms with E-state index in [9.17, 15) is 5.11 Å². The van der Waals surface area contributed by atoms with Crippen molar-refractivity contribution in [2.75, 3.05) is 19.0 Å². The average Bonchev–Trinajstić information content (AvgIpc) is 2.43. The van der Waals surface area contributed by atoms with Crippen molar-refractivity contribution < 1.29 is 5.11 Å². The van der Waals surface area contributed by atoms with Crippen LogP contribution in [0.1, 0.15) is 11.1 Å². The molecule has 0 unspecified atom stereocenters. The normalized spacial score (nSPS) is 10.9. The molecule has 0 aromatic heterocycles. The van der Waals surface area contributed by atoms with E-state index in [0.717, 1.165) is 10.0 Å². The van der Waals surface area contributed by atoms with E-state index in [2.05, 4.69) is 50.1 Å². The minimum Gasteiger partial charge on any atom is -0.507 e. The van der Waals surface area contributed by atoms with Crippen LogP contribution in [0, 0.1) is 0 Å². The molecule has 0 spiro atoms. The number of halogens is 1. The van der Waals surface area contributed by atoms with E-state index in [-0.39, 0.29) is 5.75 Å². The largest absolute Gasteiger partial charge is 0.507 e. The highest BCUT2D eigenvalue weighted by molar-refractivity contribution is 9.10. The Morgan fingerprint density at radius 3 is 2.50 bits per heavy atom. The first-order chi connectivity index (χ1) is 9.56. The molecule has 104 valence electrons. The highest BCUT2D eigenvalue weighted by Crippen LogP contribution is 2.20. The van der Waals surface area contributed by atoms with Crippen LogP contribution in [-0.4, -0.2) is 25.4 Å². The van der Waals surface area contributed by atoms with E-state index in [0.29, 0.717) is 12.1 Å². The Morgan fingerprint density at radius 1 is 1.15 bits per heavy atom. The van der Waals surface area contributed by atoms with Gasteiger partial charge in [-0.15, -0.1) is 0 Å². The Hall–Kier alpha value is -1.81. The summed E-state index contributed by atoms with van der Waals surface area (Å²) in [5, 5.41) is 9.71. The van der Waals surface area contributed by atoms with Crippen LogP contribution in [0.4, 0.5) is 5.69 Å². The molecule has 0 aliphatic heterocycles. The molecule has 20 heavy (non-hydrogen) atoms. The van der Waals surface area contributed by atoms with E-state index in [1.54, 1.807) is 18.3 Å². The van der Waals surface area contributed by atoms with Gasteiger partial charge in [-0.05, 0) is 35.9 Å². The third-order valence-electron chi connectivity index (χ3n) is 2.95. The van der Waals surface area contributed by atoms with E-state index in [1.807, 2.05) is 20.2 Å². The number of anilines is 1. The topological polar surface area (TPSA) is 35.8 Å². The summed E-state index contributed by atoms with van der Waals surface area (Å²) in [7, 11) is 4.03. The fourth-order valence-corrected chi connectivity index (χ4v) is 2.16. The van der Waals surface area contributed by atoms with Gasteiger partial charge in [0.15, 0.2) is 0 Å². The summed E-state index contributed by atoms with van der Waals surface area (Å²) in [5.41, 5.74) is 3.02. The Morgan fingerprint density at radius 2 is 1.85 bits per heavy atom. The SMILES string of the molecule is CN(C)c1ccc(CN=Cc2cc(Br)ccc2O)cc1. The van der Waals surface area contributed by atoms with Gasteiger partial charge in [-0.2, -0.15) is 0 Å². The Bertz CT molecular complexity index is 606. The molecular weight excluding hydrogens is 316 g/mol. The van der Waals surface area contributed by atoms with Crippen molar-refractivity contribution in [3.05, 3.63) is 58.1 Å². The first-order valence-electron chi connectivity index (χ1n) is 6.31. The third-order valence-corrected chi connectivity index (χ3v) is 3.44. The molecule has 0 radical (unpaired) electrons. The van der Waals surface area contributed by atoms with Crippen LogP contribution in [0.2, 0.25) is 0 Å². The molecule has 1 N–H and O–H groups in total. The van der Waals surface area contributed by atoms with E-state index in [4.69, 9.17) is 0 Å². The van der Waals surface area contributed by atoms with Crippen molar-refractivity contribution in [3.63, 3.8) is 0 Å². The molecule has 0 saturated heterocycles. The second-order valence-electron chi connectivity index (χ2n) is 4.73. The molecule has 0 fully saturated rings. The Balaban J connectivity index is 2.04. The Kier molecular flexibility index (Phi) is 4.79. The average molecular weight is 333 g/mol. The molecule has 0 aliphatic carbocycles. The van der Waals surface area contributed by atoms with Crippen molar-refractivity contribution in [1.82, 2.24) is 0 Å². The molecule has 0 aliphatic rings. The van der Waals surface area contributed by atoms with E-state index in [1.165, 1.54) is 5.69 Å². The summed E-state index contributed by atoms with van der Waals surface area (Å²) in [5.74, 6) is 0.236. The minimum absolute atomic E-state index is 0.236. The van der Waals surface area contributed by atoms with Crippen LogP contribution in [-0.2, 0) is 6.54 Å². The van der Waals surface area contributed by atoms with Gasteiger partial charge in [-0.3, -0.25) is 4.99 Å². The van der Waals surface area contributed by atoms with Gasteiger partial charge in [0.05, 0.1) is 6.54 Å². The molecule has 2 rings (SSSR count). The van der Waals surface area contributed by atoms with Gasteiger partial charge in [0.1, 0.15) is 5.75 Å². The molecule has 0 saturated carbocycles. The van der Waals surface area contributed by atoms with Crippen LogP contribution < -0.4 is 4.90 Å². The molecule has 0 atom stereocenters. The predicted molar refractivity (Wildman–Crippen MR) is 87.9 cm³/mol. The quantitative estimate of drug-likeness (QED) is 0.863. The molecule has 2 aromatic rings. The number of aromatic hydroxyl groups is 1. The summed E-state index contributed by atoms with van der Waals surface area (Å²) < 4.78 is 0.923. The highest BCUT2D eigenvalue weighted by atomic mass is 79.9. The van der Waals surface area contributed by atoms with Gasteiger partial charge < -0.3 is 10.0 Å². The zero-order chi connectivity index (χ0) is 14.5. The highest BCUT2D eigenvalue weighted by Gasteiger charge is 1.99. The van der Waals surface area contributed by atoms with Crippen LogP contribution in [0.5, 0.6) is 5.75 Å². The lowest BCUT2D eigenvalue weighted by atomic mass is 10.2. The number of phenolic OH excluding ortho intramolecular Hbond substituents is 1. The van der Waals surface area contributed by atoms with Crippen LogP contribution in [0.25, 0.3) is 0 Å². The fourth-order valence-electron chi connectivity index (χ4n) is 1.78. The summed E-state index contributed by atoms with van der Waals surface area (Å²) >= 11 is 3.38. The number of phenols is 1. The lowest BCUT2D eigenvalue weighted by Gasteiger charge is -2.12. The van der Waals surface area contributed by atoms with E-state index >= 15 is 0 Å². The molecule has 0 heterocycles. The molecule has 2 aromatic carbocycles. The lowest BCUT2D eigenvalue weighted by molar-refractivity contribution is 0.474. The summed E-state index contributed by atoms with van der Waals surface area (Å²) in [4.78, 5) is 6.43. The maximum atomic E-state index is 9.71. The molecule has 0 bridgehead atoms. The number of benzene rings is 2. The third kappa shape index (κ3) is 3.84. The first kappa shape index (κ1) is 14.6. The van der Waals surface area contributed by atoms with Crippen molar-refractivity contribution in [1.29, 1.82) is 0 Å². The summed E-state index contributed by atoms with van der Waals surface area (Å²) in [6.07, 6.45) is 1.69. The van der Waals surface area contributed by atoms with Gasteiger partial charge in [0.2, 0.25) is 0 Å². The van der Waals surface area contributed by atoms with Crippen LogP contribution >= 0.6 is 15.9 Å². The van der Waals surface area contributed by atoms with Crippen molar-refractivity contribution >= 4 is 27.8 Å². The zero-order valence-electron chi connectivity index (χ0n) is 11.5. The number of hydrogen-bond acceptors (Lipinski definition) is 3. The second-order valence-corrected chi connectivity index (χ2v) is 5.65. The lowest BCUT2D eigenvalue weighted by Crippen LogP contribution is -2.08. The summed E-state index contributed by atoms with van der Waals surface area (Å²) in [6, 6.07) is 13.6. The molecular formula is C16H17BrN2O. The van der Waals surface area contributed by atoms with Crippen LogP contribution in [0.3, 0.4) is 0 Å². The number of hydrogen-bond donors (Lipinski definition) is 1. The maximum absolute atomic E-state index is 9.71. The number of aliphatic imine (C=N–C) groups is 1. The van der Waals surface area contributed by atoms with Crippen molar-refractivity contribution in [2.24, 2.45) is 4.99 Å². The van der Waals surface area contributed by atoms with Crippen LogP contribution in [0.15, 0.2) is 51.9 Å². The predicted octanol–water partition coefficient (Wildman–Crippen LogP) is 3.84. The molecule has 4 heteroatoms. The molecule has 3 nitrogen and oxygen atoms in total.